The van der Waals surface area contributed by atoms with Gasteiger partial charge in [0.05, 0.1) is 5.92 Å². The van der Waals surface area contributed by atoms with Gasteiger partial charge in [0.1, 0.15) is 5.52 Å². The number of rotatable bonds is 2. The Morgan fingerprint density at radius 2 is 2.06 bits per heavy atom. The highest BCUT2D eigenvalue weighted by molar-refractivity contribution is 5.74. The van der Waals surface area contributed by atoms with Gasteiger partial charge in [0.25, 0.3) is 6.01 Å². The van der Waals surface area contributed by atoms with E-state index < -0.39 is 12.3 Å². The normalized spacial score (nSPS) is 17.1. The quantitative estimate of drug-likeness (QED) is 0.785. The topological polar surface area (TPSA) is 29.3 Å². The summed E-state index contributed by atoms with van der Waals surface area (Å²) in [6.07, 6.45) is -2.25. The van der Waals surface area contributed by atoms with Gasteiger partial charge in [0.15, 0.2) is 5.58 Å². The lowest BCUT2D eigenvalue weighted by Gasteiger charge is -2.37. The molecule has 84 valence electrons. The molecule has 0 amide bonds. The summed E-state index contributed by atoms with van der Waals surface area (Å²) in [6.45, 7) is 0.648. The Morgan fingerprint density at radius 1 is 1.31 bits per heavy atom. The molecule has 2 heterocycles. The van der Waals surface area contributed by atoms with Crippen LogP contribution in [0.4, 0.5) is 14.8 Å². The van der Waals surface area contributed by atoms with Gasteiger partial charge in [-0.05, 0) is 12.1 Å². The van der Waals surface area contributed by atoms with E-state index in [1.165, 1.54) is 0 Å². The van der Waals surface area contributed by atoms with Crippen LogP contribution in [0.5, 0.6) is 0 Å². The number of anilines is 1. The molecule has 3 rings (SSSR count). The minimum atomic E-state index is -2.25. The van der Waals surface area contributed by atoms with E-state index in [-0.39, 0.29) is 0 Å². The highest BCUT2D eigenvalue weighted by Gasteiger charge is 2.36. The molecule has 5 heteroatoms. The van der Waals surface area contributed by atoms with E-state index >= 15 is 0 Å². The fraction of sp³-hybridized carbons (Fsp3) is 0.364. The molecule has 1 saturated heterocycles. The lowest BCUT2D eigenvalue weighted by atomic mass is 10.0. The first-order valence-corrected chi connectivity index (χ1v) is 5.13. The first-order valence-electron chi connectivity index (χ1n) is 5.13. The van der Waals surface area contributed by atoms with Crippen molar-refractivity contribution in [1.82, 2.24) is 4.98 Å². The number of aromatic nitrogens is 1. The smallest absolute Gasteiger partial charge is 0.298 e. The molecule has 1 aliphatic rings. The Kier molecular flexibility index (Phi) is 2.05. The number of hydrogen-bond donors (Lipinski definition) is 0. The lowest BCUT2D eigenvalue weighted by Crippen LogP contribution is -2.50. The van der Waals surface area contributed by atoms with Crippen molar-refractivity contribution in [3.8, 4) is 0 Å². The lowest BCUT2D eigenvalue weighted by molar-refractivity contribution is 0.0596. The Labute approximate surface area is 90.7 Å². The molecule has 1 aliphatic heterocycles. The van der Waals surface area contributed by atoms with Crippen LogP contribution in [-0.4, -0.2) is 24.5 Å². The third-order valence-corrected chi connectivity index (χ3v) is 2.82. The Balaban J connectivity index is 1.81. The van der Waals surface area contributed by atoms with Crippen LogP contribution in [0.15, 0.2) is 28.7 Å². The molecule has 0 bridgehead atoms. The van der Waals surface area contributed by atoms with E-state index in [1.807, 2.05) is 24.3 Å². The predicted molar refractivity (Wildman–Crippen MR) is 55.7 cm³/mol. The van der Waals surface area contributed by atoms with E-state index in [1.54, 1.807) is 4.90 Å². The number of fused-ring (bicyclic) bond motifs is 1. The van der Waals surface area contributed by atoms with Crippen molar-refractivity contribution >= 4 is 17.1 Å². The molecule has 2 aromatic rings. The van der Waals surface area contributed by atoms with E-state index in [0.29, 0.717) is 24.7 Å². The summed E-state index contributed by atoms with van der Waals surface area (Å²) in [5.74, 6) is -0.546. The maximum Gasteiger partial charge on any atom is 0.298 e. The third kappa shape index (κ3) is 1.43. The molecule has 1 aromatic heterocycles. The molecule has 0 spiro atoms. The molecule has 0 aliphatic carbocycles. The molecular weight excluding hydrogens is 214 g/mol. The van der Waals surface area contributed by atoms with Crippen molar-refractivity contribution in [1.29, 1.82) is 0 Å². The van der Waals surface area contributed by atoms with Crippen LogP contribution < -0.4 is 4.90 Å². The largest absolute Gasteiger partial charge is 0.423 e. The van der Waals surface area contributed by atoms with E-state index in [9.17, 15) is 8.78 Å². The van der Waals surface area contributed by atoms with Gasteiger partial charge in [-0.3, -0.25) is 0 Å². The Bertz CT molecular complexity index is 472. The second kappa shape index (κ2) is 3.43. The van der Waals surface area contributed by atoms with Crippen molar-refractivity contribution in [2.75, 3.05) is 18.0 Å². The minimum absolute atomic E-state index is 0.324. The van der Waals surface area contributed by atoms with Gasteiger partial charge in [0.2, 0.25) is 6.43 Å². The summed E-state index contributed by atoms with van der Waals surface area (Å²) >= 11 is 0. The monoisotopic (exact) mass is 224 g/mol. The minimum Gasteiger partial charge on any atom is -0.423 e. The van der Waals surface area contributed by atoms with Gasteiger partial charge in [-0.15, -0.1) is 0 Å². The number of alkyl halides is 2. The molecule has 1 fully saturated rings. The van der Waals surface area contributed by atoms with Crippen LogP contribution in [0.2, 0.25) is 0 Å². The summed E-state index contributed by atoms with van der Waals surface area (Å²) in [7, 11) is 0. The number of halogens is 2. The average molecular weight is 224 g/mol. The Hall–Kier alpha value is -1.65. The zero-order valence-corrected chi connectivity index (χ0v) is 8.44. The predicted octanol–water partition coefficient (Wildman–Crippen LogP) is 2.53. The number of hydrogen-bond acceptors (Lipinski definition) is 3. The van der Waals surface area contributed by atoms with Crippen LogP contribution in [0.1, 0.15) is 0 Å². The van der Waals surface area contributed by atoms with E-state index in [2.05, 4.69) is 4.98 Å². The second-order valence-electron chi connectivity index (χ2n) is 3.96. The molecule has 0 N–H and O–H groups in total. The zero-order valence-electron chi connectivity index (χ0n) is 8.44. The van der Waals surface area contributed by atoms with E-state index in [4.69, 9.17) is 4.42 Å². The number of benzene rings is 1. The second-order valence-corrected chi connectivity index (χ2v) is 3.96. The summed E-state index contributed by atoms with van der Waals surface area (Å²) in [5.41, 5.74) is 1.45. The van der Waals surface area contributed by atoms with Crippen molar-refractivity contribution in [3.05, 3.63) is 24.3 Å². The summed E-state index contributed by atoms with van der Waals surface area (Å²) in [6, 6.07) is 7.82. The summed E-state index contributed by atoms with van der Waals surface area (Å²) in [4.78, 5) is 5.98. The van der Waals surface area contributed by atoms with Gasteiger partial charge >= 0.3 is 0 Å². The number of oxazole rings is 1. The first kappa shape index (κ1) is 9.57. The molecule has 0 radical (unpaired) electrons. The molecule has 0 saturated carbocycles. The van der Waals surface area contributed by atoms with Crippen molar-refractivity contribution in [3.63, 3.8) is 0 Å². The van der Waals surface area contributed by atoms with Gasteiger partial charge in [-0.1, -0.05) is 12.1 Å². The standard InChI is InChI=1S/C11H10F2N2O/c12-10(13)7-5-15(6-7)11-14-8-3-1-2-4-9(8)16-11/h1-4,7,10H,5-6H2. The average Bonchev–Trinajstić information content (AvgIpc) is 2.57. The van der Waals surface area contributed by atoms with Crippen LogP contribution in [0, 0.1) is 5.92 Å². The van der Waals surface area contributed by atoms with Crippen LogP contribution in [0.25, 0.3) is 11.1 Å². The number of para-hydroxylation sites is 2. The number of nitrogens with zero attached hydrogens (tertiary/aromatic N) is 2. The highest BCUT2D eigenvalue weighted by Crippen LogP contribution is 2.29. The molecule has 0 unspecified atom stereocenters. The molecular formula is C11H10F2N2O. The van der Waals surface area contributed by atoms with Crippen molar-refractivity contribution in [2.45, 2.75) is 6.43 Å². The van der Waals surface area contributed by atoms with Crippen LogP contribution in [-0.2, 0) is 0 Å². The highest BCUT2D eigenvalue weighted by atomic mass is 19.3. The van der Waals surface area contributed by atoms with Gasteiger partial charge in [-0.2, -0.15) is 4.98 Å². The van der Waals surface area contributed by atoms with E-state index in [0.717, 1.165) is 5.52 Å². The van der Waals surface area contributed by atoms with Gasteiger partial charge < -0.3 is 9.32 Å². The Morgan fingerprint density at radius 3 is 2.75 bits per heavy atom. The SMILES string of the molecule is FC(F)C1CN(c2nc3ccccc3o2)C1. The van der Waals surface area contributed by atoms with Crippen molar-refractivity contribution in [2.24, 2.45) is 5.92 Å². The van der Waals surface area contributed by atoms with Gasteiger partial charge in [0, 0.05) is 13.1 Å². The summed E-state index contributed by atoms with van der Waals surface area (Å²) in [5, 5.41) is 0. The van der Waals surface area contributed by atoms with Crippen molar-refractivity contribution < 1.29 is 13.2 Å². The van der Waals surface area contributed by atoms with Crippen LogP contribution in [0.3, 0.4) is 0 Å². The molecule has 0 atom stereocenters. The fourth-order valence-electron chi connectivity index (χ4n) is 1.82. The van der Waals surface area contributed by atoms with Crippen LogP contribution >= 0.6 is 0 Å². The van der Waals surface area contributed by atoms with Gasteiger partial charge in [-0.25, -0.2) is 8.78 Å². The first-order chi connectivity index (χ1) is 7.74. The third-order valence-electron chi connectivity index (χ3n) is 2.82. The maximum absolute atomic E-state index is 12.3. The maximum atomic E-state index is 12.3. The molecule has 1 aromatic carbocycles. The fourth-order valence-corrected chi connectivity index (χ4v) is 1.82. The molecule has 3 nitrogen and oxygen atoms in total. The molecule has 16 heavy (non-hydrogen) atoms. The summed E-state index contributed by atoms with van der Waals surface area (Å²) < 4.78 is 30.1. The zero-order chi connectivity index (χ0) is 11.1.